The molecule has 6 atom stereocenters. The molecular weight excluding hydrogens is 644 g/mol. The van der Waals surface area contributed by atoms with Gasteiger partial charge in [-0.2, -0.15) is 11.8 Å². The number of urea groups is 1. The van der Waals surface area contributed by atoms with Gasteiger partial charge in [-0.3, -0.25) is 13.9 Å². The predicted molar refractivity (Wildman–Crippen MR) is 160 cm³/mol. The van der Waals surface area contributed by atoms with Gasteiger partial charge >= 0.3 is 13.6 Å². The highest BCUT2D eigenvalue weighted by Gasteiger charge is 2.42. The van der Waals surface area contributed by atoms with Crippen molar-refractivity contribution in [1.29, 1.82) is 0 Å². The van der Waals surface area contributed by atoms with Crippen LogP contribution in [0.5, 0.6) is 0 Å². The molecule has 258 valence electrons. The lowest BCUT2D eigenvalue weighted by molar-refractivity contribution is -0.226. The van der Waals surface area contributed by atoms with Crippen molar-refractivity contribution >= 4 is 39.1 Å². The second-order valence-electron chi connectivity index (χ2n) is 10.6. The minimum Gasteiger partial charge on any atom is -0.756 e. The third-order valence-electron chi connectivity index (χ3n) is 6.67. The standard InChI is InChI=1S/C25H49N3O13P2S/c1-19(2)42(31,32)40-17-20(41-43(33,34)35)16-39-15-14-38-13-12-37-11-10-36-9-5-8-26-23(29)7-4-3-6-22-24-21(18-44-22)27-25(30)28-24/h19-22,24H,3-18H2,1-2H3,(H,26,29)(H,31,32)(H2,27,28,30)(H2,33,34,35)/p-1. The van der Waals surface area contributed by atoms with Gasteiger partial charge in [-0.15, -0.1) is 0 Å². The number of carbonyl (C=O) groups excluding carboxylic acids is 2. The maximum atomic E-state index is 12.0. The first-order valence-corrected chi connectivity index (χ1v) is 19.0. The Morgan fingerprint density at radius 1 is 0.977 bits per heavy atom. The molecule has 0 aromatic rings. The van der Waals surface area contributed by atoms with Crippen LogP contribution in [0.2, 0.25) is 0 Å². The number of carbonyl (C=O) groups is 2. The van der Waals surface area contributed by atoms with Crippen molar-refractivity contribution in [3.05, 3.63) is 0 Å². The molecule has 0 radical (unpaired) electrons. The average molecular weight is 693 g/mol. The normalized spacial score (nSPS) is 23.0. The van der Waals surface area contributed by atoms with Crippen LogP contribution < -0.4 is 20.8 Å². The fourth-order valence-electron chi connectivity index (χ4n) is 4.28. The third-order valence-corrected chi connectivity index (χ3v) is 10.6. The minimum atomic E-state index is -5.10. The Morgan fingerprint density at radius 2 is 1.61 bits per heavy atom. The van der Waals surface area contributed by atoms with Gasteiger partial charge < -0.3 is 58.6 Å². The van der Waals surface area contributed by atoms with Crippen molar-refractivity contribution < 1.29 is 61.4 Å². The topological polar surface area (TPSA) is 223 Å². The Morgan fingerprint density at radius 3 is 2.25 bits per heavy atom. The van der Waals surface area contributed by atoms with Crippen LogP contribution in [0, 0.1) is 0 Å². The molecule has 2 heterocycles. The van der Waals surface area contributed by atoms with Crippen LogP contribution in [0.1, 0.15) is 46.0 Å². The van der Waals surface area contributed by atoms with E-state index < -0.39 is 33.8 Å². The van der Waals surface area contributed by atoms with Crippen molar-refractivity contribution in [1.82, 2.24) is 16.0 Å². The van der Waals surface area contributed by atoms with Crippen LogP contribution in [0.3, 0.4) is 0 Å². The number of hydrogen-bond donors (Lipinski definition) is 5. The predicted octanol–water partition coefficient (Wildman–Crippen LogP) is 0.741. The first-order valence-electron chi connectivity index (χ1n) is 14.8. The van der Waals surface area contributed by atoms with Gasteiger partial charge in [0.2, 0.25) is 5.91 Å². The van der Waals surface area contributed by atoms with Gasteiger partial charge in [-0.05, 0) is 19.3 Å². The molecule has 0 aliphatic carbocycles. The highest BCUT2D eigenvalue weighted by molar-refractivity contribution is 8.00. The van der Waals surface area contributed by atoms with Crippen molar-refractivity contribution in [2.24, 2.45) is 0 Å². The Bertz CT molecular complexity index is 945. The number of phosphoric ester groups is 1. The molecule has 0 saturated carbocycles. The summed E-state index contributed by atoms with van der Waals surface area (Å²) in [6.07, 6.45) is 2.65. The quantitative estimate of drug-likeness (QED) is 0.0479. The summed E-state index contributed by atoms with van der Waals surface area (Å²) in [5, 5.41) is 9.24. The first kappa shape index (κ1) is 39.4. The van der Waals surface area contributed by atoms with Crippen LogP contribution in [-0.2, 0) is 41.9 Å². The van der Waals surface area contributed by atoms with Crippen molar-refractivity contribution in [3.8, 4) is 0 Å². The minimum absolute atomic E-state index is 0.0342. The largest absolute Gasteiger partial charge is 0.756 e. The van der Waals surface area contributed by atoms with Crippen LogP contribution in [-0.4, -0.2) is 123 Å². The van der Waals surface area contributed by atoms with E-state index in [1.165, 1.54) is 13.8 Å². The van der Waals surface area contributed by atoms with Crippen LogP contribution >= 0.6 is 27.2 Å². The number of hydrogen-bond acceptors (Lipinski definition) is 12. The van der Waals surface area contributed by atoms with Gasteiger partial charge in [0.05, 0.1) is 70.6 Å². The lowest BCUT2D eigenvalue weighted by atomic mass is 10.0. The molecule has 0 bridgehead atoms. The molecule has 2 aliphatic rings. The summed E-state index contributed by atoms with van der Waals surface area (Å²) >= 11 is 1.88. The van der Waals surface area contributed by atoms with E-state index in [0.717, 1.165) is 25.0 Å². The maximum absolute atomic E-state index is 12.0. The summed E-state index contributed by atoms with van der Waals surface area (Å²) < 4.78 is 53.7. The number of rotatable bonds is 26. The SMILES string of the molecule is CC(C)P(=O)(O)OCC(COCCOCCOCCOCCCNC(=O)CCCCC1SCC2NC(=O)NC21)OP(=O)([O-])O. The summed E-state index contributed by atoms with van der Waals surface area (Å²) in [5.74, 6) is 0.975. The monoisotopic (exact) mass is 692 g/mol. The van der Waals surface area contributed by atoms with E-state index in [4.69, 9.17) is 28.4 Å². The molecule has 6 unspecified atom stereocenters. The zero-order valence-corrected chi connectivity index (χ0v) is 28.0. The molecule has 2 aliphatic heterocycles. The molecule has 0 aromatic carbocycles. The van der Waals surface area contributed by atoms with E-state index >= 15 is 0 Å². The number of ether oxygens (including phenoxy) is 4. The highest BCUT2D eigenvalue weighted by Crippen LogP contribution is 2.47. The highest BCUT2D eigenvalue weighted by atomic mass is 32.2. The Kier molecular flexibility index (Phi) is 18.9. The summed E-state index contributed by atoms with van der Waals surface area (Å²) in [6, 6.07) is 0.350. The summed E-state index contributed by atoms with van der Waals surface area (Å²) in [5.41, 5.74) is -0.696. The number of nitrogens with one attached hydrogen (secondary N) is 3. The van der Waals surface area contributed by atoms with Crippen LogP contribution in [0.15, 0.2) is 0 Å². The molecule has 2 rings (SSSR count). The molecule has 3 amide bonds. The van der Waals surface area contributed by atoms with Crippen LogP contribution in [0.25, 0.3) is 0 Å². The maximum Gasteiger partial charge on any atom is 0.330 e. The molecule has 19 heteroatoms. The van der Waals surface area contributed by atoms with Gasteiger partial charge in [0.15, 0.2) is 0 Å². The number of unbranched alkanes of at least 4 members (excludes halogenated alkanes) is 1. The lowest BCUT2D eigenvalue weighted by Gasteiger charge is -2.25. The van der Waals surface area contributed by atoms with E-state index in [2.05, 4.69) is 20.5 Å². The zero-order chi connectivity index (χ0) is 32.4. The zero-order valence-electron chi connectivity index (χ0n) is 25.4. The van der Waals surface area contributed by atoms with Crippen molar-refractivity contribution in [2.45, 2.75) is 75.0 Å². The Labute approximate surface area is 263 Å². The number of thioether (sulfide) groups is 1. The molecular formula is C25H48N3O13P2S-. The van der Waals surface area contributed by atoms with E-state index in [9.17, 15) is 28.5 Å². The summed E-state index contributed by atoms with van der Waals surface area (Å²) in [6.45, 7) is 4.79. The second-order valence-corrected chi connectivity index (χ2v) is 15.5. The van der Waals surface area contributed by atoms with Gasteiger partial charge in [-0.1, -0.05) is 20.3 Å². The summed E-state index contributed by atoms with van der Waals surface area (Å²) in [4.78, 5) is 53.1. The first-order chi connectivity index (χ1) is 20.9. The fourth-order valence-corrected chi connectivity index (χ4v) is 7.00. The van der Waals surface area contributed by atoms with E-state index in [-0.39, 0.29) is 43.8 Å². The van der Waals surface area contributed by atoms with Crippen molar-refractivity contribution in [3.63, 3.8) is 0 Å². The molecule has 0 spiro atoms. The number of fused-ring (bicyclic) bond motifs is 1. The van der Waals surface area contributed by atoms with Gasteiger partial charge in [-0.25, -0.2) is 4.79 Å². The fraction of sp³-hybridized carbons (Fsp3) is 0.920. The van der Waals surface area contributed by atoms with Gasteiger partial charge in [0.1, 0.15) is 6.10 Å². The van der Waals surface area contributed by atoms with Crippen LogP contribution in [0.4, 0.5) is 4.79 Å². The lowest BCUT2D eigenvalue weighted by Crippen LogP contribution is -2.36. The number of amides is 3. The van der Waals surface area contributed by atoms with Crippen molar-refractivity contribution in [2.75, 3.05) is 71.8 Å². The van der Waals surface area contributed by atoms with E-state index in [0.29, 0.717) is 57.7 Å². The van der Waals surface area contributed by atoms with Gasteiger partial charge in [0, 0.05) is 30.6 Å². The smallest absolute Gasteiger partial charge is 0.330 e. The second kappa shape index (κ2) is 21.1. The van der Waals surface area contributed by atoms with E-state index in [1.54, 1.807) is 0 Å². The van der Waals surface area contributed by atoms with E-state index in [1.807, 2.05) is 11.8 Å². The molecule has 44 heavy (non-hydrogen) atoms. The molecule has 5 N–H and O–H groups in total. The molecule has 0 aromatic heterocycles. The molecule has 2 fully saturated rings. The van der Waals surface area contributed by atoms with Gasteiger partial charge in [0.25, 0.3) is 7.82 Å². The summed E-state index contributed by atoms with van der Waals surface area (Å²) in [7, 11) is -9.05. The number of phosphoric acid groups is 1. The Balaban J connectivity index is 1.34. The molecule has 2 saturated heterocycles. The average Bonchev–Trinajstić information content (AvgIpc) is 3.50. The third kappa shape index (κ3) is 17.2. The molecule has 16 nitrogen and oxygen atoms in total. The Hall–Kier alpha value is -0.810.